The van der Waals surface area contributed by atoms with E-state index in [9.17, 15) is 9.59 Å². The first-order chi connectivity index (χ1) is 8.75. The monoisotopic (exact) mass is 243 g/mol. The average molecular weight is 243 g/mol. The van der Waals surface area contributed by atoms with Gasteiger partial charge in [0.05, 0.1) is 6.54 Å². The molecule has 1 aromatic carbocycles. The van der Waals surface area contributed by atoms with Crippen LogP contribution in [0.4, 0.5) is 5.69 Å². The van der Waals surface area contributed by atoms with E-state index in [4.69, 9.17) is 0 Å². The summed E-state index contributed by atoms with van der Waals surface area (Å²) in [6.07, 6.45) is 4.36. The fraction of sp³-hybridized carbons (Fsp3) is 0.467. The minimum atomic E-state index is 0.0916. The van der Waals surface area contributed by atoms with Gasteiger partial charge in [0.15, 0.2) is 5.78 Å². The Kier molecular flexibility index (Phi) is 2.90. The SMILES string of the molecule is O=C(CN1C(=O)CCCc2ccccc21)C1CC1. The van der Waals surface area contributed by atoms with E-state index >= 15 is 0 Å². The molecule has 1 fully saturated rings. The number of hydrogen-bond acceptors (Lipinski definition) is 2. The second-order valence-corrected chi connectivity index (χ2v) is 5.20. The Labute approximate surface area is 107 Å². The van der Waals surface area contributed by atoms with E-state index in [0.717, 1.165) is 31.4 Å². The van der Waals surface area contributed by atoms with Crippen molar-refractivity contribution in [1.29, 1.82) is 0 Å². The van der Waals surface area contributed by atoms with Crippen LogP contribution in [0, 0.1) is 5.92 Å². The minimum Gasteiger partial charge on any atom is -0.305 e. The van der Waals surface area contributed by atoms with Crippen molar-refractivity contribution in [1.82, 2.24) is 0 Å². The van der Waals surface area contributed by atoms with Gasteiger partial charge in [-0.25, -0.2) is 0 Å². The summed E-state index contributed by atoms with van der Waals surface area (Å²) in [7, 11) is 0. The van der Waals surface area contributed by atoms with Crippen LogP contribution in [0.3, 0.4) is 0 Å². The van der Waals surface area contributed by atoms with Crippen LogP contribution in [-0.4, -0.2) is 18.2 Å². The van der Waals surface area contributed by atoms with Crippen molar-refractivity contribution >= 4 is 17.4 Å². The third-order valence-corrected chi connectivity index (χ3v) is 3.77. The van der Waals surface area contributed by atoms with Gasteiger partial charge in [-0.3, -0.25) is 9.59 Å². The van der Waals surface area contributed by atoms with Gasteiger partial charge in [-0.1, -0.05) is 18.2 Å². The molecule has 0 N–H and O–H groups in total. The fourth-order valence-electron chi connectivity index (χ4n) is 2.55. The number of nitrogens with zero attached hydrogens (tertiary/aromatic N) is 1. The van der Waals surface area contributed by atoms with Crippen molar-refractivity contribution in [3.05, 3.63) is 29.8 Å². The first kappa shape index (κ1) is 11.5. The summed E-state index contributed by atoms with van der Waals surface area (Å²) in [5.41, 5.74) is 2.13. The number of para-hydroxylation sites is 1. The lowest BCUT2D eigenvalue weighted by molar-refractivity contribution is -0.123. The van der Waals surface area contributed by atoms with Crippen LogP contribution in [0.2, 0.25) is 0 Å². The molecule has 18 heavy (non-hydrogen) atoms. The van der Waals surface area contributed by atoms with Crippen LogP contribution in [0.5, 0.6) is 0 Å². The molecule has 1 saturated carbocycles. The molecule has 0 radical (unpaired) electrons. The molecule has 3 heteroatoms. The third-order valence-electron chi connectivity index (χ3n) is 3.77. The molecule has 3 nitrogen and oxygen atoms in total. The van der Waals surface area contributed by atoms with E-state index in [1.54, 1.807) is 4.90 Å². The summed E-state index contributed by atoms with van der Waals surface area (Å²) in [5, 5.41) is 0. The lowest BCUT2D eigenvalue weighted by atomic mass is 10.1. The van der Waals surface area contributed by atoms with Crippen molar-refractivity contribution in [2.24, 2.45) is 5.92 Å². The second kappa shape index (κ2) is 4.56. The number of carbonyl (C=O) groups is 2. The normalized spacial score (nSPS) is 19.3. The van der Waals surface area contributed by atoms with Gasteiger partial charge in [0.1, 0.15) is 0 Å². The Balaban J connectivity index is 1.89. The zero-order valence-electron chi connectivity index (χ0n) is 10.4. The Morgan fingerprint density at radius 1 is 1.22 bits per heavy atom. The molecule has 94 valence electrons. The number of fused-ring (bicyclic) bond motifs is 1. The number of amides is 1. The quantitative estimate of drug-likeness (QED) is 0.817. The fourth-order valence-corrected chi connectivity index (χ4v) is 2.55. The highest BCUT2D eigenvalue weighted by Crippen LogP contribution is 2.32. The van der Waals surface area contributed by atoms with E-state index in [1.165, 1.54) is 5.56 Å². The van der Waals surface area contributed by atoms with Crippen molar-refractivity contribution in [2.45, 2.75) is 32.1 Å². The molecule has 0 saturated heterocycles. The number of anilines is 1. The zero-order valence-corrected chi connectivity index (χ0v) is 10.4. The first-order valence-corrected chi connectivity index (χ1v) is 6.66. The van der Waals surface area contributed by atoms with Gasteiger partial charge in [-0.2, -0.15) is 0 Å². The number of aryl methyl sites for hydroxylation is 1. The lowest BCUT2D eigenvalue weighted by Crippen LogP contribution is -2.35. The maximum atomic E-state index is 12.1. The molecule has 0 bridgehead atoms. The minimum absolute atomic E-state index is 0.0916. The molecule has 1 aliphatic heterocycles. The Bertz CT molecular complexity index is 491. The summed E-state index contributed by atoms with van der Waals surface area (Å²) in [5.74, 6) is 0.530. The number of Topliss-reactive ketones (excluding diaryl/α,β-unsaturated/α-hetero) is 1. The Morgan fingerprint density at radius 2 is 2.00 bits per heavy atom. The zero-order chi connectivity index (χ0) is 12.5. The molecule has 1 aliphatic carbocycles. The van der Waals surface area contributed by atoms with E-state index in [0.29, 0.717) is 6.42 Å². The van der Waals surface area contributed by atoms with Crippen LogP contribution in [0.25, 0.3) is 0 Å². The standard InChI is InChI=1S/C15H17NO2/c17-14(12-8-9-12)10-16-13-6-2-1-4-11(13)5-3-7-15(16)18/h1-2,4,6,12H,3,5,7-10H2. The summed E-state index contributed by atoms with van der Waals surface area (Å²) in [4.78, 5) is 25.8. The van der Waals surface area contributed by atoms with Gasteiger partial charge in [0.2, 0.25) is 5.91 Å². The van der Waals surface area contributed by atoms with Crippen LogP contribution in [0.1, 0.15) is 31.2 Å². The highest BCUT2D eigenvalue weighted by atomic mass is 16.2. The molecular weight excluding hydrogens is 226 g/mol. The lowest BCUT2D eigenvalue weighted by Gasteiger charge is -2.22. The van der Waals surface area contributed by atoms with Gasteiger partial charge >= 0.3 is 0 Å². The number of ketones is 1. The van der Waals surface area contributed by atoms with Crippen LogP contribution < -0.4 is 4.90 Å². The van der Waals surface area contributed by atoms with E-state index in [-0.39, 0.29) is 24.2 Å². The van der Waals surface area contributed by atoms with Gasteiger partial charge in [-0.15, -0.1) is 0 Å². The highest BCUT2D eigenvalue weighted by molar-refractivity contribution is 6.01. The second-order valence-electron chi connectivity index (χ2n) is 5.20. The number of hydrogen-bond donors (Lipinski definition) is 0. The average Bonchev–Trinajstić information content (AvgIpc) is 3.20. The molecule has 0 aromatic heterocycles. The Morgan fingerprint density at radius 3 is 2.78 bits per heavy atom. The van der Waals surface area contributed by atoms with Gasteiger partial charge in [0.25, 0.3) is 0 Å². The molecule has 0 spiro atoms. The largest absolute Gasteiger partial charge is 0.305 e. The maximum absolute atomic E-state index is 12.1. The smallest absolute Gasteiger partial charge is 0.227 e. The topological polar surface area (TPSA) is 37.4 Å². The summed E-state index contributed by atoms with van der Waals surface area (Å²) in [6, 6.07) is 7.95. The molecule has 3 rings (SSSR count). The van der Waals surface area contributed by atoms with Gasteiger partial charge in [0, 0.05) is 18.0 Å². The van der Waals surface area contributed by atoms with Crippen molar-refractivity contribution in [2.75, 3.05) is 11.4 Å². The number of carbonyl (C=O) groups excluding carboxylic acids is 2. The molecule has 1 amide bonds. The molecule has 0 unspecified atom stereocenters. The van der Waals surface area contributed by atoms with Crippen molar-refractivity contribution < 1.29 is 9.59 Å². The predicted molar refractivity (Wildman–Crippen MR) is 69.5 cm³/mol. The van der Waals surface area contributed by atoms with Crippen molar-refractivity contribution in [3.8, 4) is 0 Å². The van der Waals surface area contributed by atoms with Gasteiger partial charge < -0.3 is 4.90 Å². The molecule has 2 aliphatic rings. The van der Waals surface area contributed by atoms with Gasteiger partial charge in [-0.05, 0) is 37.3 Å². The first-order valence-electron chi connectivity index (χ1n) is 6.66. The number of rotatable bonds is 3. The molecule has 1 heterocycles. The van der Waals surface area contributed by atoms with E-state index in [2.05, 4.69) is 6.07 Å². The predicted octanol–water partition coefficient (Wildman–Crippen LogP) is 2.33. The third kappa shape index (κ3) is 2.17. The summed E-state index contributed by atoms with van der Waals surface area (Å²) < 4.78 is 0. The van der Waals surface area contributed by atoms with Crippen molar-refractivity contribution in [3.63, 3.8) is 0 Å². The highest BCUT2D eigenvalue weighted by Gasteiger charge is 2.32. The van der Waals surface area contributed by atoms with E-state index < -0.39 is 0 Å². The molecular formula is C15H17NO2. The van der Waals surface area contributed by atoms with Crippen LogP contribution >= 0.6 is 0 Å². The summed E-state index contributed by atoms with van der Waals surface area (Å²) in [6.45, 7) is 0.264. The Hall–Kier alpha value is -1.64. The van der Waals surface area contributed by atoms with E-state index in [1.807, 2.05) is 18.2 Å². The number of benzene rings is 1. The maximum Gasteiger partial charge on any atom is 0.227 e. The van der Waals surface area contributed by atoms with Crippen LogP contribution in [0.15, 0.2) is 24.3 Å². The molecule has 0 atom stereocenters. The van der Waals surface area contributed by atoms with Crippen LogP contribution in [-0.2, 0) is 16.0 Å². The molecule has 1 aromatic rings. The summed E-state index contributed by atoms with van der Waals surface area (Å²) >= 11 is 0.